The Kier molecular flexibility index (Phi) is 8.17. The van der Waals surface area contributed by atoms with Crippen molar-refractivity contribution >= 4 is 51.5 Å². The number of nitrogens with two attached hydrogens (primary N) is 1. The zero-order valence-electron chi connectivity index (χ0n) is 19.5. The second-order valence-corrected chi connectivity index (χ2v) is 9.95. The number of H-pyrrole nitrogens is 1. The molecule has 1 aliphatic rings. The summed E-state index contributed by atoms with van der Waals surface area (Å²) in [6.07, 6.45) is 1.86. The Morgan fingerprint density at radius 1 is 1.17 bits per heavy atom. The predicted molar refractivity (Wildman–Crippen MR) is 148 cm³/mol. The molecule has 3 aromatic rings. The van der Waals surface area contributed by atoms with Gasteiger partial charge >= 0.3 is 0 Å². The number of allylic oxidation sites excluding steroid dienone is 1. The van der Waals surface area contributed by atoms with Crippen LogP contribution in [0, 0.1) is 10.1 Å². The van der Waals surface area contributed by atoms with E-state index in [9.17, 15) is 14.9 Å². The number of nitrogens with zero attached hydrogens (tertiary/aromatic N) is 3. The van der Waals surface area contributed by atoms with Gasteiger partial charge in [0.1, 0.15) is 5.76 Å². The van der Waals surface area contributed by atoms with Gasteiger partial charge in [-0.1, -0.05) is 58.5 Å². The lowest BCUT2D eigenvalue weighted by atomic mass is 9.96. The summed E-state index contributed by atoms with van der Waals surface area (Å²) in [6, 6.07) is 16.3. The second kappa shape index (κ2) is 11.3. The van der Waals surface area contributed by atoms with Crippen molar-refractivity contribution in [2.24, 2.45) is 5.90 Å². The first-order chi connectivity index (χ1) is 17.3. The number of carbonyl (C=O) groups excluding carboxylic acids is 1. The van der Waals surface area contributed by atoms with Crippen molar-refractivity contribution in [3.63, 3.8) is 0 Å². The first-order valence-electron chi connectivity index (χ1n) is 11.2. The third kappa shape index (κ3) is 5.35. The Balaban J connectivity index is 1.54. The molecule has 0 aliphatic carbocycles. The van der Waals surface area contributed by atoms with E-state index in [1.807, 2.05) is 47.5 Å². The number of aromatic nitrogens is 1. The zero-order chi connectivity index (χ0) is 25.8. The summed E-state index contributed by atoms with van der Waals surface area (Å²) in [5, 5.41) is 11.3. The van der Waals surface area contributed by atoms with E-state index in [4.69, 9.17) is 22.3 Å². The lowest BCUT2D eigenvalue weighted by Crippen LogP contribution is -2.49. The number of piperazine rings is 1. The van der Waals surface area contributed by atoms with Crippen molar-refractivity contribution in [1.29, 1.82) is 0 Å². The van der Waals surface area contributed by atoms with Gasteiger partial charge in [0.15, 0.2) is 0 Å². The molecular formula is C25H25ClIN5O4. The fraction of sp³-hybridized carbons (Fsp3) is 0.240. The largest absolute Gasteiger partial charge is 0.416 e. The molecule has 1 fully saturated rings. The van der Waals surface area contributed by atoms with Crippen molar-refractivity contribution in [2.45, 2.75) is 10.8 Å². The van der Waals surface area contributed by atoms with Gasteiger partial charge < -0.3 is 19.6 Å². The van der Waals surface area contributed by atoms with Crippen LogP contribution in [0.15, 0.2) is 72.1 Å². The van der Waals surface area contributed by atoms with E-state index in [1.165, 1.54) is 12.1 Å². The minimum Gasteiger partial charge on any atom is -0.416 e. The van der Waals surface area contributed by atoms with Crippen molar-refractivity contribution < 1.29 is 14.6 Å². The molecule has 36 heavy (non-hydrogen) atoms. The Morgan fingerprint density at radius 3 is 2.50 bits per heavy atom. The molecule has 9 nitrogen and oxygen atoms in total. The molecule has 2 heterocycles. The molecule has 1 atom stereocenters. The Morgan fingerprint density at radius 2 is 1.89 bits per heavy atom. The van der Waals surface area contributed by atoms with Gasteiger partial charge in [-0.15, -0.1) is 0 Å². The SMILES string of the molecule is C/C(ON)=C(\C(=O)N1CCN(c2ccc([N+](=O)[O-])cc2Cl)CC1)C(I)c1ccccc1-c1ccc[nH]1. The van der Waals surface area contributed by atoms with Gasteiger partial charge in [0.05, 0.1) is 25.1 Å². The molecule has 1 amide bonds. The zero-order valence-corrected chi connectivity index (χ0v) is 22.4. The minimum atomic E-state index is -0.476. The number of amides is 1. The molecule has 2 aromatic carbocycles. The third-order valence-electron chi connectivity index (χ3n) is 6.21. The maximum absolute atomic E-state index is 13.7. The van der Waals surface area contributed by atoms with Gasteiger partial charge in [-0.05, 0) is 30.7 Å². The summed E-state index contributed by atoms with van der Waals surface area (Å²) in [5.41, 5.74) is 4.06. The van der Waals surface area contributed by atoms with Crippen LogP contribution in [-0.2, 0) is 9.63 Å². The molecule has 0 spiro atoms. The van der Waals surface area contributed by atoms with Crippen LogP contribution in [0.3, 0.4) is 0 Å². The number of hydrogen-bond donors (Lipinski definition) is 2. The van der Waals surface area contributed by atoms with E-state index in [0.29, 0.717) is 48.2 Å². The Labute approximate surface area is 227 Å². The van der Waals surface area contributed by atoms with E-state index < -0.39 is 4.92 Å². The number of non-ortho nitro benzene ring substituents is 1. The standard InChI is InChI=1S/C25H25ClIN5O4/c1-16(36-28)23(24(27)19-6-3-2-5-18(19)21-7-4-10-29-21)25(33)31-13-11-30(12-14-31)22-9-8-17(32(34)35)15-20(22)26/h2-10,15,24,29H,11-14,28H2,1H3/b23-16+. The highest BCUT2D eigenvalue weighted by Gasteiger charge is 2.32. The van der Waals surface area contributed by atoms with Gasteiger partial charge in [-0.3, -0.25) is 14.9 Å². The van der Waals surface area contributed by atoms with Gasteiger partial charge in [-0.25, -0.2) is 0 Å². The summed E-state index contributed by atoms with van der Waals surface area (Å²) in [5.74, 6) is 5.75. The van der Waals surface area contributed by atoms with E-state index in [1.54, 1.807) is 17.9 Å². The highest BCUT2D eigenvalue weighted by Crippen LogP contribution is 2.40. The molecular weight excluding hydrogens is 597 g/mol. The normalized spacial score (nSPS) is 15.3. The van der Waals surface area contributed by atoms with Crippen molar-refractivity contribution in [1.82, 2.24) is 9.88 Å². The number of alkyl halides is 1. The molecule has 1 saturated heterocycles. The maximum atomic E-state index is 13.7. The van der Waals surface area contributed by atoms with E-state index in [0.717, 1.165) is 16.8 Å². The lowest BCUT2D eigenvalue weighted by Gasteiger charge is -2.37. The number of rotatable bonds is 7. The van der Waals surface area contributed by atoms with Crippen molar-refractivity contribution in [3.05, 3.63) is 92.8 Å². The molecule has 11 heteroatoms. The topological polar surface area (TPSA) is 118 Å². The van der Waals surface area contributed by atoms with E-state index in [-0.39, 0.29) is 15.5 Å². The van der Waals surface area contributed by atoms with Gasteiger partial charge in [0.25, 0.3) is 11.6 Å². The van der Waals surface area contributed by atoms with Gasteiger partial charge in [-0.2, -0.15) is 5.90 Å². The molecule has 4 rings (SSSR count). The van der Waals surface area contributed by atoms with Crippen LogP contribution in [0.5, 0.6) is 0 Å². The number of nitrogens with one attached hydrogen (secondary N) is 1. The van der Waals surface area contributed by atoms with Crippen LogP contribution >= 0.6 is 34.2 Å². The maximum Gasteiger partial charge on any atom is 0.271 e. The summed E-state index contributed by atoms with van der Waals surface area (Å²) in [4.78, 5) is 36.4. The first kappa shape index (κ1) is 26.0. The van der Waals surface area contributed by atoms with Crippen LogP contribution in [0.2, 0.25) is 5.02 Å². The van der Waals surface area contributed by atoms with Crippen molar-refractivity contribution in [2.75, 3.05) is 31.1 Å². The van der Waals surface area contributed by atoms with E-state index in [2.05, 4.69) is 27.6 Å². The van der Waals surface area contributed by atoms with Crippen LogP contribution in [-0.4, -0.2) is 46.9 Å². The predicted octanol–water partition coefficient (Wildman–Crippen LogP) is 5.23. The molecule has 1 aromatic heterocycles. The monoisotopic (exact) mass is 621 g/mol. The number of nitro benzene ring substituents is 1. The summed E-state index contributed by atoms with van der Waals surface area (Å²) >= 11 is 8.57. The number of aromatic amines is 1. The lowest BCUT2D eigenvalue weighted by molar-refractivity contribution is -0.384. The molecule has 1 unspecified atom stereocenters. The number of nitro groups is 1. The van der Waals surface area contributed by atoms with Crippen LogP contribution in [0.4, 0.5) is 11.4 Å². The fourth-order valence-corrected chi connectivity index (χ4v) is 5.85. The number of carbonyl (C=O) groups is 1. The average Bonchev–Trinajstić information content (AvgIpc) is 3.43. The summed E-state index contributed by atoms with van der Waals surface area (Å²) in [7, 11) is 0. The number of benzene rings is 2. The molecule has 0 bridgehead atoms. The average molecular weight is 622 g/mol. The van der Waals surface area contributed by atoms with Crippen LogP contribution in [0.1, 0.15) is 16.4 Å². The highest BCUT2D eigenvalue weighted by molar-refractivity contribution is 14.1. The first-order valence-corrected chi connectivity index (χ1v) is 12.9. The summed E-state index contributed by atoms with van der Waals surface area (Å²) in [6.45, 7) is 3.67. The fourth-order valence-electron chi connectivity index (χ4n) is 4.30. The second-order valence-electron chi connectivity index (χ2n) is 8.29. The van der Waals surface area contributed by atoms with Crippen molar-refractivity contribution in [3.8, 4) is 11.3 Å². The number of anilines is 1. The Hall–Kier alpha value is -3.09. The molecule has 188 valence electrons. The third-order valence-corrected chi connectivity index (χ3v) is 7.81. The highest BCUT2D eigenvalue weighted by atomic mass is 127. The quantitative estimate of drug-likeness (QED) is 0.0932. The van der Waals surface area contributed by atoms with Crippen LogP contribution in [0.25, 0.3) is 11.3 Å². The summed E-state index contributed by atoms with van der Waals surface area (Å²) < 4.78 is -0.305. The van der Waals surface area contributed by atoms with Crippen LogP contribution < -0.4 is 10.8 Å². The van der Waals surface area contributed by atoms with E-state index >= 15 is 0 Å². The number of halogens is 2. The molecule has 0 radical (unpaired) electrons. The molecule has 1 aliphatic heterocycles. The Bertz CT molecular complexity index is 1290. The molecule has 0 saturated carbocycles. The minimum absolute atomic E-state index is 0.0580. The van der Waals surface area contributed by atoms with Gasteiger partial charge in [0, 0.05) is 55.8 Å². The molecule has 3 N–H and O–H groups in total. The smallest absolute Gasteiger partial charge is 0.271 e. The van der Waals surface area contributed by atoms with Gasteiger partial charge in [0.2, 0.25) is 0 Å². The number of hydrogen-bond acceptors (Lipinski definition) is 6.